The number of amides is 1. The number of hydrogen-bond donors (Lipinski definition) is 1. The minimum atomic E-state index is -1.21. The molecule has 1 rings (SSSR count). The monoisotopic (exact) mass is 269 g/mol. The van der Waals surface area contributed by atoms with Gasteiger partial charge >= 0.3 is 5.97 Å². The molecule has 1 N–H and O–H groups in total. The van der Waals surface area contributed by atoms with Gasteiger partial charge in [0.2, 0.25) is 0 Å². The molecular weight excluding hydrogens is 250 g/mol. The number of nitrogens with zero attached hydrogens (tertiary/aromatic N) is 1. The number of thiophene rings is 1. The summed E-state index contributed by atoms with van der Waals surface area (Å²) in [7, 11) is 1.52. The quantitative estimate of drug-likeness (QED) is 0.914. The van der Waals surface area contributed by atoms with Crippen molar-refractivity contribution in [2.24, 2.45) is 0 Å². The van der Waals surface area contributed by atoms with E-state index in [9.17, 15) is 9.59 Å². The molecule has 0 saturated heterocycles. The van der Waals surface area contributed by atoms with E-state index in [4.69, 9.17) is 5.11 Å². The highest BCUT2D eigenvalue weighted by Gasteiger charge is 2.36. The zero-order valence-electron chi connectivity index (χ0n) is 11.4. The third kappa shape index (κ3) is 2.56. The number of likely N-dealkylation sites (N-methyl/N-ethyl adjacent to an activating group) is 1. The lowest BCUT2D eigenvalue weighted by atomic mass is 10.0. The summed E-state index contributed by atoms with van der Waals surface area (Å²) >= 11 is 1.42. The van der Waals surface area contributed by atoms with Crippen LogP contribution >= 0.6 is 11.3 Å². The van der Waals surface area contributed by atoms with Crippen molar-refractivity contribution in [1.82, 2.24) is 4.90 Å². The van der Waals surface area contributed by atoms with Crippen LogP contribution in [0.3, 0.4) is 0 Å². The summed E-state index contributed by atoms with van der Waals surface area (Å²) in [6.07, 6.45) is 0.877. The maximum absolute atomic E-state index is 12.3. The van der Waals surface area contributed by atoms with E-state index in [0.717, 1.165) is 16.9 Å². The molecule has 18 heavy (non-hydrogen) atoms. The number of carbonyl (C=O) groups excluding carboxylic acids is 1. The third-order valence-corrected chi connectivity index (χ3v) is 4.36. The highest BCUT2D eigenvalue weighted by molar-refractivity contribution is 7.14. The van der Waals surface area contributed by atoms with Gasteiger partial charge in [-0.2, -0.15) is 0 Å². The first kappa shape index (κ1) is 14.7. The van der Waals surface area contributed by atoms with Gasteiger partial charge in [-0.25, -0.2) is 4.79 Å². The summed E-state index contributed by atoms with van der Waals surface area (Å²) in [5, 5.41) is 9.12. The highest BCUT2D eigenvalue weighted by Crippen LogP contribution is 2.25. The Kier molecular flexibility index (Phi) is 4.16. The molecule has 4 nitrogen and oxygen atoms in total. The van der Waals surface area contributed by atoms with Crippen molar-refractivity contribution < 1.29 is 14.7 Å². The van der Waals surface area contributed by atoms with Gasteiger partial charge in [0.25, 0.3) is 5.91 Å². The Balaban J connectivity index is 3.03. The van der Waals surface area contributed by atoms with Gasteiger partial charge in [-0.05, 0) is 38.8 Å². The van der Waals surface area contributed by atoms with E-state index in [-0.39, 0.29) is 5.91 Å². The minimum absolute atomic E-state index is 0.241. The van der Waals surface area contributed by atoms with Crippen molar-refractivity contribution in [3.8, 4) is 0 Å². The van der Waals surface area contributed by atoms with Crippen LogP contribution in [0.15, 0.2) is 6.07 Å². The molecule has 0 aliphatic carbocycles. The number of rotatable bonds is 4. The molecule has 0 unspecified atom stereocenters. The number of hydrogen-bond acceptors (Lipinski definition) is 3. The van der Waals surface area contributed by atoms with Crippen LogP contribution in [0.25, 0.3) is 0 Å². The lowest BCUT2D eigenvalue weighted by molar-refractivity contribution is -0.147. The average molecular weight is 269 g/mol. The predicted molar refractivity (Wildman–Crippen MR) is 72.2 cm³/mol. The Bertz CT molecular complexity index is 477. The number of aryl methyl sites for hydroxylation is 2. The van der Waals surface area contributed by atoms with Crippen LogP contribution in [0.1, 0.15) is 40.9 Å². The van der Waals surface area contributed by atoms with Gasteiger partial charge in [-0.3, -0.25) is 4.79 Å². The summed E-state index contributed by atoms with van der Waals surface area (Å²) in [5.41, 5.74) is -0.0636. The normalized spacial score (nSPS) is 11.4. The van der Waals surface area contributed by atoms with Crippen molar-refractivity contribution in [3.63, 3.8) is 0 Å². The average Bonchev–Trinajstić information content (AvgIpc) is 2.68. The van der Waals surface area contributed by atoms with Gasteiger partial charge < -0.3 is 10.0 Å². The summed E-state index contributed by atoms with van der Waals surface area (Å²) in [6, 6.07) is 1.86. The summed E-state index contributed by atoms with van der Waals surface area (Å²) in [5.74, 6) is -1.25. The molecule has 100 valence electrons. The van der Waals surface area contributed by atoms with Gasteiger partial charge in [-0.15, -0.1) is 11.3 Å². The number of carboxylic acid groups (broad SMARTS) is 1. The summed E-state index contributed by atoms with van der Waals surface area (Å²) in [4.78, 5) is 26.4. The molecule has 0 fully saturated rings. The number of carbonyl (C=O) groups is 2. The molecule has 0 aromatic carbocycles. The first-order valence-electron chi connectivity index (χ1n) is 5.82. The van der Waals surface area contributed by atoms with E-state index in [1.165, 1.54) is 37.1 Å². The van der Waals surface area contributed by atoms with E-state index >= 15 is 0 Å². The van der Waals surface area contributed by atoms with E-state index < -0.39 is 11.5 Å². The maximum Gasteiger partial charge on any atom is 0.329 e. The first-order chi connectivity index (χ1) is 8.21. The molecule has 1 aromatic rings. The van der Waals surface area contributed by atoms with E-state index in [1.807, 2.05) is 19.9 Å². The standard InChI is InChI=1S/C13H19NO3S/c1-6-9-7-10(18-8(9)2)11(15)14(5)13(3,4)12(16)17/h7H,6H2,1-5H3,(H,16,17). The van der Waals surface area contributed by atoms with Crippen LogP contribution in [0.2, 0.25) is 0 Å². The van der Waals surface area contributed by atoms with Crippen LogP contribution in [-0.4, -0.2) is 34.5 Å². The molecule has 0 bridgehead atoms. The Hall–Kier alpha value is -1.36. The molecule has 1 aromatic heterocycles. The summed E-state index contributed by atoms with van der Waals surface area (Å²) in [6.45, 7) is 7.06. The molecule has 0 aliphatic heterocycles. The zero-order valence-corrected chi connectivity index (χ0v) is 12.2. The topological polar surface area (TPSA) is 57.6 Å². The van der Waals surface area contributed by atoms with Crippen molar-refractivity contribution in [3.05, 3.63) is 21.4 Å². The Morgan fingerprint density at radius 3 is 2.39 bits per heavy atom. The van der Waals surface area contributed by atoms with Crippen LogP contribution in [0.4, 0.5) is 0 Å². The van der Waals surface area contributed by atoms with Crippen LogP contribution in [0, 0.1) is 6.92 Å². The van der Waals surface area contributed by atoms with E-state index in [1.54, 1.807) is 0 Å². The van der Waals surface area contributed by atoms with Gasteiger partial charge in [0.15, 0.2) is 0 Å². The fourth-order valence-electron chi connectivity index (χ4n) is 1.54. The van der Waals surface area contributed by atoms with Gasteiger partial charge in [0, 0.05) is 11.9 Å². The van der Waals surface area contributed by atoms with E-state index in [2.05, 4.69) is 0 Å². The fourth-order valence-corrected chi connectivity index (χ4v) is 2.63. The second-order valence-corrected chi connectivity index (χ2v) is 6.03. The molecule has 0 radical (unpaired) electrons. The van der Waals surface area contributed by atoms with Gasteiger partial charge in [0.1, 0.15) is 5.54 Å². The van der Waals surface area contributed by atoms with Crippen molar-refractivity contribution >= 4 is 23.2 Å². The first-order valence-corrected chi connectivity index (χ1v) is 6.64. The van der Waals surface area contributed by atoms with Crippen molar-refractivity contribution in [1.29, 1.82) is 0 Å². The zero-order chi connectivity index (χ0) is 14.1. The van der Waals surface area contributed by atoms with Crippen LogP contribution < -0.4 is 0 Å². The maximum atomic E-state index is 12.3. The highest BCUT2D eigenvalue weighted by atomic mass is 32.1. The molecular formula is C13H19NO3S. The number of aliphatic carboxylic acids is 1. The summed E-state index contributed by atoms with van der Waals surface area (Å²) < 4.78 is 0. The Morgan fingerprint density at radius 1 is 1.44 bits per heavy atom. The smallest absolute Gasteiger partial charge is 0.329 e. The molecule has 0 atom stereocenters. The van der Waals surface area contributed by atoms with Crippen LogP contribution in [-0.2, 0) is 11.2 Å². The SMILES string of the molecule is CCc1cc(C(=O)N(C)C(C)(C)C(=O)O)sc1C. The largest absolute Gasteiger partial charge is 0.480 e. The minimum Gasteiger partial charge on any atom is -0.480 e. The van der Waals surface area contributed by atoms with Crippen molar-refractivity contribution in [2.45, 2.75) is 39.7 Å². The third-order valence-electron chi connectivity index (χ3n) is 3.28. The Labute approximate surface area is 111 Å². The lowest BCUT2D eigenvalue weighted by Gasteiger charge is -2.31. The second-order valence-electron chi connectivity index (χ2n) is 4.77. The van der Waals surface area contributed by atoms with Crippen LogP contribution in [0.5, 0.6) is 0 Å². The lowest BCUT2D eigenvalue weighted by Crippen LogP contribution is -2.50. The fraction of sp³-hybridized carbons (Fsp3) is 0.538. The van der Waals surface area contributed by atoms with E-state index in [0.29, 0.717) is 4.88 Å². The second kappa shape index (κ2) is 5.10. The predicted octanol–water partition coefficient (Wildman–Crippen LogP) is 2.55. The molecule has 5 heteroatoms. The Morgan fingerprint density at radius 2 is 2.00 bits per heavy atom. The number of carboxylic acids is 1. The van der Waals surface area contributed by atoms with Gasteiger partial charge in [0.05, 0.1) is 4.88 Å². The molecule has 1 heterocycles. The van der Waals surface area contributed by atoms with Gasteiger partial charge in [-0.1, -0.05) is 6.92 Å². The molecule has 0 saturated carbocycles. The molecule has 0 aliphatic rings. The molecule has 1 amide bonds. The van der Waals surface area contributed by atoms with Crippen molar-refractivity contribution in [2.75, 3.05) is 7.05 Å². The molecule has 0 spiro atoms.